The minimum absolute atomic E-state index is 0. The van der Waals surface area contributed by atoms with E-state index >= 15 is 0 Å². The Morgan fingerprint density at radius 1 is 1.00 bits per heavy atom. The summed E-state index contributed by atoms with van der Waals surface area (Å²) in [5.41, 5.74) is 5.07. The van der Waals surface area contributed by atoms with Crippen LogP contribution in [0.3, 0.4) is 0 Å². The second-order valence-corrected chi connectivity index (χ2v) is 9.05. The van der Waals surface area contributed by atoms with Crippen LogP contribution < -0.4 is 57.1 Å². The summed E-state index contributed by atoms with van der Waals surface area (Å²) in [5.74, 6) is 0. The Morgan fingerprint density at radius 3 is 2.14 bits per heavy atom. The summed E-state index contributed by atoms with van der Waals surface area (Å²) in [6.07, 6.45) is 8.89. The summed E-state index contributed by atoms with van der Waals surface area (Å²) in [6.45, 7) is 6.43. The lowest BCUT2D eigenvalue weighted by Crippen LogP contribution is -3.00. The van der Waals surface area contributed by atoms with Gasteiger partial charge in [-0.2, -0.15) is 9.13 Å². The number of thioether (sulfide) groups is 1. The zero-order valence-electron chi connectivity index (χ0n) is 16.9. The molecule has 8 heteroatoms. The smallest absolute Gasteiger partial charge is 0.268 e. The Balaban J connectivity index is 0.00000196. The average Bonchev–Trinajstić information content (AvgIpc) is 3.24. The molecule has 0 fully saturated rings. The molecule has 0 radical (unpaired) electrons. The van der Waals surface area contributed by atoms with Gasteiger partial charge < -0.3 is 52.9 Å². The molecule has 0 spiro atoms. The molecule has 1 aliphatic rings. The van der Waals surface area contributed by atoms with E-state index in [0.717, 1.165) is 0 Å². The normalized spacial score (nSPS) is 15.8. The van der Waals surface area contributed by atoms with E-state index in [1.165, 1.54) is 37.7 Å². The molecule has 0 aromatic carbocycles. The van der Waals surface area contributed by atoms with Gasteiger partial charge in [0.1, 0.15) is 14.1 Å². The van der Waals surface area contributed by atoms with Gasteiger partial charge in [-0.3, -0.25) is 0 Å². The fourth-order valence-electron chi connectivity index (χ4n) is 2.50. The first-order chi connectivity index (χ1) is 12.4. The van der Waals surface area contributed by atoms with E-state index in [1.54, 1.807) is 34.4 Å². The van der Waals surface area contributed by atoms with Gasteiger partial charge in [0, 0.05) is 32.7 Å². The molecule has 0 atom stereocenters. The van der Waals surface area contributed by atoms with Crippen molar-refractivity contribution in [3.63, 3.8) is 0 Å². The second kappa shape index (κ2) is 11.3. The zero-order chi connectivity index (χ0) is 18.8. The number of nitrogens with zero attached hydrogens (tertiary/aromatic N) is 3. The van der Waals surface area contributed by atoms with Crippen molar-refractivity contribution in [1.29, 1.82) is 0 Å². The van der Waals surface area contributed by atoms with Gasteiger partial charge in [-0.15, -0.1) is 0 Å². The van der Waals surface area contributed by atoms with Crippen molar-refractivity contribution in [2.45, 2.75) is 20.8 Å². The van der Waals surface area contributed by atoms with Crippen LogP contribution in [0.4, 0.5) is 0 Å². The van der Waals surface area contributed by atoms with Crippen LogP contribution in [0.1, 0.15) is 28.3 Å². The number of hydrogen-bond donors (Lipinski definition) is 0. The number of rotatable bonds is 4. The van der Waals surface area contributed by atoms with E-state index in [2.05, 4.69) is 96.4 Å². The highest BCUT2D eigenvalue weighted by molar-refractivity contribution is 8.06. The number of thiazole rings is 2. The first-order valence-corrected chi connectivity index (χ1v) is 11.1. The topological polar surface area (TPSA) is 11.0 Å². The van der Waals surface area contributed by atoms with Gasteiger partial charge in [-0.1, -0.05) is 34.4 Å². The molecule has 28 heavy (non-hydrogen) atoms. The zero-order valence-corrected chi connectivity index (χ0v) is 23.6. The molecule has 0 N–H and O–H groups in total. The Morgan fingerprint density at radius 2 is 1.64 bits per heavy atom. The van der Waals surface area contributed by atoms with Crippen LogP contribution in [-0.4, -0.2) is 11.9 Å². The summed E-state index contributed by atoms with van der Waals surface area (Å²) in [7, 11) is 6.36. The molecular formula is C20H25I2N3S3. The number of aromatic nitrogens is 2. The first-order valence-electron chi connectivity index (χ1n) is 8.44. The van der Waals surface area contributed by atoms with Crippen LogP contribution in [-0.2, 0) is 14.1 Å². The molecule has 0 aliphatic carbocycles. The predicted octanol–water partition coefficient (Wildman–Crippen LogP) is -1.44. The fourth-order valence-corrected chi connectivity index (χ4v) is 5.31. The van der Waals surface area contributed by atoms with Crippen molar-refractivity contribution in [2.24, 2.45) is 14.1 Å². The maximum Gasteiger partial charge on any atom is 0.268 e. The molecule has 0 bridgehead atoms. The van der Waals surface area contributed by atoms with Gasteiger partial charge in [0.05, 0.1) is 21.4 Å². The summed E-state index contributed by atoms with van der Waals surface area (Å²) in [4.78, 5) is 2.23. The van der Waals surface area contributed by atoms with Crippen molar-refractivity contribution in [2.75, 3.05) is 7.05 Å². The quantitative estimate of drug-likeness (QED) is 0.227. The summed E-state index contributed by atoms with van der Waals surface area (Å²) in [5, 5.41) is 10.4. The number of halogens is 2. The van der Waals surface area contributed by atoms with Crippen molar-refractivity contribution >= 4 is 46.1 Å². The third-order valence-corrected chi connectivity index (χ3v) is 8.07. The minimum Gasteiger partial charge on any atom is -1.00 e. The van der Waals surface area contributed by atoms with E-state index in [9.17, 15) is 0 Å². The second-order valence-electron chi connectivity index (χ2n) is 6.41. The lowest BCUT2D eigenvalue weighted by atomic mass is 10.2. The van der Waals surface area contributed by atoms with Crippen LogP contribution in [0.25, 0.3) is 11.6 Å². The lowest BCUT2D eigenvalue weighted by molar-refractivity contribution is -0.674. The highest BCUT2D eigenvalue weighted by Gasteiger charge is 2.18. The molecule has 0 saturated heterocycles. The monoisotopic (exact) mass is 657 g/mol. The van der Waals surface area contributed by atoms with E-state index in [-0.39, 0.29) is 48.0 Å². The standard InChI is InChI=1S/C20H25N3S3.2HI/c1-14-11-24-18(21(14)4)9-7-17(20-23(6)16(3)13-26-20)8-10-19-22(5)15(2)12-25-19;;/h7-13H,1-6H3;2*1H/q+2;;/p-2. The molecule has 1 aliphatic heterocycles. The maximum atomic E-state index is 2.26. The van der Waals surface area contributed by atoms with Crippen LogP contribution >= 0.6 is 34.4 Å². The van der Waals surface area contributed by atoms with Crippen LogP contribution in [0, 0.1) is 13.8 Å². The molecule has 152 valence electrons. The van der Waals surface area contributed by atoms with Crippen molar-refractivity contribution in [3.05, 3.63) is 66.5 Å². The summed E-state index contributed by atoms with van der Waals surface area (Å²) >= 11 is 5.34. The lowest BCUT2D eigenvalue weighted by Gasteiger charge is -2.13. The minimum atomic E-state index is 0. The summed E-state index contributed by atoms with van der Waals surface area (Å²) < 4.78 is 4.48. The number of aryl methyl sites for hydroxylation is 2. The van der Waals surface area contributed by atoms with Gasteiger partial charge in [0.15, 0.2) is 11.4 Å². The third kappa shape index (κ3) is 5.71. The van der Waals surface area contributed by atoms with E-state index in [0.29, 0.717) is 0 Å². The van der Waals surface area contributed by atoms with Crippen molar-refractivity contribution < 1.29 is 57.1 Å². The molecule has 0 unspecified atom stereocenters. The van der Waals surface area contributed by atoms with Crippen LogP contribution in [0.2, 0.25) is 0 Å². The molecule has 0 amide bonds. The Hall–Kier alpha value is -0.170. The Bertz CT molecular complexity index is 952. The molecular weight excluding hydrogens is 632 g/mol. The highest BCUT2D eigenvalue weighted by atomic mass is 127. The molecule has 2 aromatic heterocycles. The Labute approximate surface area is 214 Å². The Kier molecular flexibility index (Phi) is 10.4. The molecule has 3 rings (SSSR count). The van der Waals surface area contributed by atoms with Gasteiger partial charge in [0.25, 0.3) is 10.0 Å². The largest absolute Gasteiger partial charge is 1.00 e. The van der Waals surface area contributed by atoms with Crippen molar-refractivity contribution in [1.82, 2.24) is 4.90 Å². The molecule has 3 heterocycles. The van der Waals surface area contributed by atoms with Crippen LogP contribution in [0.5, 0.6) is 0 Å². The highest BCUT2D eigenvalue weighted by Crippen LogP contribution is 2.33. The summed E-state index contributed by atoms with van der Waals surface area (Å²) in [6, 6.07) is 0. The molecule has 0 saturated carbocycles. The third-order valence-electron chi connectivity index (χ3n) is 4.65. The van der Waals surface area contributed by atoms with Crippen molar-refractivity contribution in [3.8, 4) is 0 Å². The van der Waals surface area contributed by atoms with Gasteiger partial charge >= 0.3 is 0 Å². The number of allylic oxidation sites excluding steroid dienone is 5. The van der Waals surface area contributed by atoms with E-state index < -0.39 is 0 Å². The predicted molar refractivity (Wildman–Crippen MR) is 115 cm³/mol. The van der Waals surface area contributed by atoms with E-state index in [4.69, 9.17) is 0 Å². The fraction of sp³-hybridized carbons (Fsp3) is 0.300. The molecule has 3 nitrogen and oxygen atoms in total. The van der Waals surface area contributed by atoms with Crippen LogP contribution in [0.15, 0.2) is 45.1 Å². The van der Waals surface area contributed by atoms with Gasteiger partial charge in [-0.05, 0) is 30.6 Å². The maximum absolute atomic E-state index is 2.26. The SMILES string of the molecule is CC1=CS/C(=C/C=C(\C=C\c2scc(C)[n+]2C)c2scc(C)[n+]2C)N1C.[I-].[I-]. The average molecular weight is 657 g/mol. The van der Waals surface area contributed by atoms with Gasteiger partial charge in [-0.25, -0.2) is 0 Å². The van der Waals surface area contributed by atoms with Gasteiger partial charge in [0.2, 0.25) is 0 Å². The molecule has 2 aromatic rings. The van der Waals surface area contributed by atoms with E-state index in [1.807, 2.05) is 0 Å². The first kappa shape index (κ1) is 25.9. The number of hydrogen-bond acceptors (Lipinski definition) is 4.